The third-order valence-corrected chi connectivity index (χ3v) is 6.16. The van der Waals surface area contributed by atoms with Crippen molar-refractivity contribution in [3.05, 3.63) is 102 Å². The molecule has 0 saturated carbocycles. The molecule has 160 valence electrons. The number of hydrogen-bond acceptors (Lipinski definition) is 4. The Morgan fingerprint density at radius 2 is 1.32 bits per heavy atom. The third kappa shape index (κ3) is 5.19. The molecule has 0 heterocycles. The van der Waals surface area contributed by atoms with Gasteiger partial charge >= 0.3 is 19.2 Å². The molecule has 0 bridgehead atoms. The molecule has 8 heteroatoms. The molecular formula is C23H19F2O5P. The first-order valence-corrected chi connectivity index (χ1v) is 10.7. The fraction of sp³-hybridized carbons (Fsp3) is 0.0870. The Bertz CT molecular complexity index is 1070. The van der Waals surface area contributed by atoms with Gasteiger partial charge in [0.2, 0.25) is 0 Å². The second-order valence-corrected chi connectivity index (χ2v) is 8.51. The Morgan fingerprint density at radius 3 is 1.74 bits per heavy atom. The number of carbonyl (C=O) groups is 1. The lowest BCUT2D eigenvalue weighted by Gasteiger charge is -2.27. The molecule has 0 aliphatic rings. The number of carboxylic acid groups (broad SMARTS) is 1. The molecular weight excluding hydrogens is 425 g/mol. The smallest absolute Gasteiger partial charge is 0.478 e. The van der Waals surface area contributed by atoms with Crippen molar-refractivity contribution in [2.75, 3.05) is 0 Å². The van der Waals surface area contributed by atoms with Crippen molar-refractivity contribution < 1.29 is 32.3 Å². The SMILES string of the molecule is C/C(=C/C(=O)O)c1ccc(C(F)(F)P(=O)(Oc2ccccc2)Oc2ccccc2)cc1. The molecule has 0 radical (unpaired) electrons. The number of alkyl halides is 2. The van der Waals surface area contributed by atoms with Crippen LogP contribution >= 0.6 is 7.60 Å². The van der Waals surface area contributed by atoms with E-state index in [1.807, 2.05) is 0 Å². The van der Waals surface area contributed by atoms with Gasteiger partial charge in [-0.25, -0.2) is 9.36 Å². The zero-order chi connectivity index (χ0) is 22.5. The molecule has 3 rings (SSSR count). The molecule has 3 aromatic carbocycles. The van der Waals surface area contributed by atoms with Gasteiger partial charge in [-0.05, 0) is 42.3 Å². The van der Waals surface area contributed by atoms with E-state index >= 15 is 8.78 Å². The molecule has 0 atom stereocenters. The lowest BCUT2D eigenvalue weighted by Crippen LogP contribution is -2.21. The maximum Gasteiger partial charge on any atom is 0.504 e. The highest BCUT2D eigenvalue weighted by Gasteiger charge is 2.58. The first-order chi connectivity index (χ1) is 14.7. The van der Waals surface area contributed by atoms with Gasteiger partial charge in [-0.3, -0.25) is 0 Å². The lowest BCUT2D eigenvalue weighted by atomic mass is 10.1. The molecule has 1 N–H and O–H groups in total. The topological polar surface area (TPSA) is 72.8 Å². The predicted molar refractivity (Wildman–Crippen MR) is 113 cm³/mol. The molecule has 0 saturated heterocycles. The summed E-state index contributed by atoms with van der Waals surface area (Å²) in [5.41, 5.74) is -3.77. The number of allylic oxidation sites excluding steroid dienone is 1. The summed E-state index contributed by atoms with van der Waals surface area (Å²) in [5, 5.41) is 8.85. The van der Waals surface area contributed by atoms with E-state index in [0.717, 1.165) is 18.2 Å². The van der Waals surface area contributed by atoms with Crippen molar-refractivity contribution in [2.45, 2.75) is 12.6 Å². The molecule has 0 aromatic heterocycles. The van der Waals surface area contributed by atoms with Crippen LogP contribution in [0.15, 0.2) is 91.0 Å². The molecule has 0 spiro atoms. The number of aliphatic carboxylic acids is 1. The van der Waals surface area contributed by atoms with Crippen LogP contribution in [0, 0.1) is 0 Å². The predicted octanol–water partition coefficient (Wildman–Crippen LogP) is 6.57. The number of para-hydroxylation sites is 2. The molecule has 0 aliphatic heterocycles. The quantitative estimate of drug-likeness (QED) is 0.314. The van der Waals surface area contributed by atoms with E-state index in [4.69, 9.17) is 14.2 Å². The van der Waals surface area contributed by atoms with Gasteiger partial charge in [0.15, 0.2) is 0 Å². The van der Waals surface area contributed by atoms with Crippen molar-refractivity contribution >= 4 is 19.1 Å². The minimum Gasteiger partial charge on any atom is -0.478 e. The van der Waals surface area contributed by atoms with E-state index in [0.29, 0.717) is 11.1 Å². The van der Waals surface area contributed by atoms with E-state index in [-0.39, 0.29) is 11.5 Å². The van der Waals surface area contributed by atoms with Crippen LogP contribution < -0.4 is 9.05 Å². The van der Waals surface area contributed by atoms with Crippen molar-refractivity contribution in [2.24, 2.45) is 0 Å². The molecule has 0 amide bonds. The maximum atomic E-state index is 15.5. The second-order valence-electron chi connectivity index (χ2n) is 6.59. The minimum absolute atomic E-state index is 0.0294. The van der Waals surface area contributed by atoms with E-state index < -0.39 is 24.8 Å². The van der Waals surface area contributed by atoms with Gasteiger partial charge in [0.25, 0.3) is 0 Å². The van der Waals surface area contributed by atoms with Crippen molar-refractivity contribution in [1.82, 2.24) is 0 Å². The maximum absolute atomic E-state index is 15.5. The largest absolute Gasteiger partial charge is 0.504 e. The zero-order valence-electron chi connectivity index (χ0n) is 16.4. The third-order valence-electron chi connectivity index (χ3n) is 4.31. The molecule has 0 aliphatic carbocycles. The van der Waals surface area contributed by atoms with E-state index in [1.54, 1.807) is 43.3 Å². The fourth-order valence-electron chi connectivity index (χ4n) is 2.73. The van der Waals surface area contributed by atoms with Crippen molar-refractivity contribution in [3.8, 4) is 11.5 Å². The highest BCUT2D eigenvalue weighted by Crippen LogP contribution is 2.65. The molecule has 5 nitrogen and oxygen atoms in total. The number of benzene rings is 3. The lowest BCUT2D eigenvalue weighted by molar-refractivity contribution is -0.131. The first-order valence-electron chi connectivity index (χ1n) is 9.21. The van der Waals surface area contributed by atoms with Crippen LogP contribution in [-0.2, 0) is 15.0 Å². The Morgan fingerprint density at radius 1 is 0.871 bits per heavy atom. The van der Waals surface area contributed by atoms with Crippen molar-refractivity contribution in [3.63, 3.8) is 0 Å². The monoisotopic (exact) mass is 444 g/mol. The number of hydrogen-bond donors (Lipinski definition) is 1. The Labute approximate surface area is 178 Å². The normalized spacial score (nSPS) is 12.3. The average Bonchev–Trinajstić information content (AvgIpc) is 2.74. The number of rotatable bonds is 8. The molecule has 3 aromatic rings. The van der Waals surface area contributed by atoms with Crippen LogP contribution in [0.25, 0.3) is 5.57 Å². The highest BCUT2D eigenvalue weighted by atomic mass is 31.2. The van der Waals surface area contributed by atoms with Crippen LogP contribution in [0.1, 0.15) is 18.1 Å². The minimum atomic E-state index is -5.09. The average molecular weight is 444 g/mol. The number of carboxylic acids is 1. The Hall–Kier alpha value is -3.44. The standard InChI is InChI=1S/C23H19F2O5P/c1-17(16-22(26)27)18-12-14-19(15-13-18)23(24,25)31(28,29-20-8-4-2-5-9-20)30-21-10-6-3-7-11-21/h2-16H,1H3,(H,26,27)/b17-16-. The van der Waals surface area contributed by atoms with Gasteiger partial charge in [-0.15, -0.1) is 0 Å². The summed E-state index contributed by atoms with van der Waals surface area (Å²) in [6.07, 6.45) is 0.967. The summed E-state index contributed by atoms with van der Waals surface area (Å²) in [6, 6.07) is 20.0. The van der Waals surface area contributed by atoms with Crippen LogP contribution in [0.3, 0.4) is 0 Å². The van der Waals surface area contributed by atoms with Gasteiger partial charge in [0.1, 0.15) is 11.5 Å². The van der Waals surface area contributed by atoms with Crippen LogP contribution in [0.5, 0.6) is 11.5 Å². The summed E-state index contributed by atoms with van der Waals surface area (Å²) in [6.45, 7) is 1.54. The first kappa shape index (κ1) is 22.2. The number of halogens is 2. The summed E-state index contributed by atoms with van der Waals surface area (Å²) < 4.78 is 54.9. The molecule has 31 heavy (non-hydrogen) atoms. The Kier molecular flexibility index (Phi) is 6.56. The summed E-state index contributed by atoms with van der Waals surface area (Å²) in [7, 11) is -5.09. The zero-order valence-corrected chi connectivity index (χ0v) is 17.3. The summed E-state index contributed by atoms with van der Waals surface area (Å²) in [5.74, 6) is -1.21. The van der Waals surface area contributed by atoms with Gasteiger partial charge in [0.05, 0.1) is 0 Å². The highest BCUT2D eigenvalue weighted by molar-refractivity contribution is 7.55. The van der Waals surface area contributed by atoms with Gasteiger partial charge in [0, 0.05) is 11.6 Å². The second kappa shape index (κ2) is 9.14. The molecule has 0 fully saturated rings. The van der Waals surface area contributed by atoms with Crippen LogP contribution in [0.4, 0.5) is 8.78 Å². The fourth-order valence-corrected chi connectivity index (χ4v) is 4.26. The van der Waals surface area contributed by atoms with Gasteiger partial charge < -0.3 is 14.2 Å². The van der Waals surface area contributed by atoms with Crippen LogP contribution in [-0.4, -0.2) is 11.1 Å². The van der Waals surface area contributed by atoms with Crippen molar-refractivity contribution in [1.29, 1.82) is 0 Å². The van der Waals surface area contributed by atoms with E-state index in [2.05, 4.69) is 0 Å². The summed E-state index contributed by atoms with van der Waals surface area (Å²) in [4.78, 5) is 10.8. The summed E-state index contributed by atoms with van der Waals surface area (Å²) >= 11 is 0. The van der Waals surface area contributed by atoms with Gasteiger partial charge in [-0.2, -0.15) is 8.78 Å². The molecule has 0 unspecified atom stereocenters. The van der Waals surface area contributed by atoms with Gasteiger partial charge in [-0.1, -0.05) is 60.7 Å². The van der Waals surface area contributed by atoms with Crippen LogP contribution in [0.2, 0.25) is 0 Å². The Balaban J connectivity index is 2.00. The van der Waals surface area contributed by atoms with E-state index in [1.165, 1.54) is 36.4 Å². The van der Waals surface area contributed by atoms with E-state index in [9.17, 15) is 9.36 Å².